The third-order valence-corrected chi connectivity index (χ3v) is 3.05. The van der Waals surface area contributed by atoms with Crippen molar-refractivity contribution >= 4 is 17.8 Å². The third-order valence-electron chi connectivity index (χ3n) is 3.05. The summed E-state index contributed by atoms with van der Waals surface area (Å²) in [6, 6.07) is 7.40. The fourth-order valence-corrected chi connectivity index (χ4v) is 1.02. The first-order chi connectivity index (χ1) is 13.7. The summed E-state index contributed by atoms with van der Waals surface area (Å²) in [5.41, 5.74) is 7.19. The highest BCUT2D eigenvalue weighted by atomic mass is 16.1. The highest BCUT2D eigenvalue weighted by Crippen LogP contribution is 2.22. The number of anilines is 1. The molecule has 0 fully saturated rings. The van der Waals surface area contributed by atoms with Crippen molar-refractivity contribution in [2.45, 2.75) is 96.9 Å². The van der Waals surface area contributed by atoms with Gasteiger partial charge >= 0.3 is 0 Å². The SMILES string of the molecule is CC.CC.CC.CC.CC.CC(C=O)C(C)(C)C.CNc1ccc(C(=N)N)cc1. The van der Waals surface area contributed by atoms with Crippen molar-refractivity contribution in [3.63, 3.8) is 0 Å². The molecule has 176 valence electrons. The minimum Gasteiger partial charge on any atom is -0.388 e. The third kappa shape index (κ3) is 31.1. The van der Waals surface area contributed by atoms with Gasteiger partial charge in [-0.25, -0.2) is 0 Å². The number of carbonyl (C=O) groups excluding carboxylic acids is 1. The molecule has 0 bridgehead atoms. The summed E-state index contributed by atoms with van der Waals surface area (Å²) in [6.07, 6.45) is 1.00. The van der Waals surface area contributed by atoms with Gasteiger partial charge in [0.05, 0.1) is 0 Å². The van der Waals surface area contributed by atoms with E-state index in [2.05, 4.69) is 26.1 Å². The van der Waals surface area contributed by atoms with Crippen LogP contribution >= 0.6 is 0 Å². The van der Waals surface area contributed by atoms with Crippen molar-refractivity contribution in [3.8, 4) is 0 Å². The Kier molecular flexibility index (Phi) is 48.3. The van der Waals surface area contributed by atoms with E-state index in [9.17, 15) is 4.79 Å². The van der Waals surface area contributed by atoms with E-state index in [-0.39, 0.29) is 17.2 Å². The predicted octanol–water partition coefficient (Wildman–Crippen LogP) is 8.01. The van der Waals surface area contributed by atoms with Crippen LogP contribution in [-0.4, -0.2) is 19.2 Å². The number of benzene rings is 1. The number of hydrogen-bond acceptors (Lipinski definition) is 3. The summed E-state index contributed by atoms with van der Waals surface area (Å²) in [7, 11) is 1.85. The maximum atomic E-state index is 10.2. The van der Waals surface area contributed by atoms with Gasteiger partial charge in [0.25, 0.3) is 0 Å². The highest BCUT2D eigenvalue weighted by Gasteiger charge is 2.18. The van der Waals surface area contributed by atoms with Gasteiger partial charge in [0.15, 0.2) is 0 Å². The van der Waals surface area contributed by atoms with Crippen LogP contribution in [0.5, 0.6) is 0 Å². The maximum Gasteiger partial charge on any atom is 0.123 e. The largest absolute Gasteiger partial charge is 0.388 e. The Bertz CT molecular complexity index is 407. The molecule has 0 aliphatic rings. The Balaban J connectivity index is -0.0000000650. The van der Waals surface area contributed by atoms with Gasteiger partial charge in [-0.2, -0.15) is 0 Å². The molecule has 29 heavy (non-hydrogen) atoms. The fourth-order valence-electron chi connectivity index (χ4n) is 1.02. The Morgan fingerprint density at radius 3 is 1.34 bits per heavy atom. The Morgan fingerprint density at radius 2 is 1.21 bits per heavy atom. The van der Waals surface area contributed by atoms with Gasteiger partial charge < -0.3 is 15.8 Å². The molecule has 0 spiro atoms. The van der Waals surface area contributed by atoms with Gasteiger partial charge in [-0.3, -0.25) is 5.41 Å². The summed E-state index contributed by atoms with van der Waals surface area (Å²) < 4.78 is 0. The number of amidine groups is 1. The first kappa shape index (κ1) is 41.5. The lowest BCUT2D eigenvalue weighted by Gasteiger charge is -2.21. The van der Waals surface area contributed by atoms with Gasteiger partial charge in [-0.15, -0.1) is 0 Å². The summed E-state index contributed by atoms with van der Waals surface area (Å²) in [4.78, 5) is 10.2. The zero-order valence-electron chi connectivity index (χ0n) is 22.4. The summed E-state index contributed by atoms with van der Waals surface area (Å²) in [6.45, 7) is 28.1. The summed E-state index contributed by atoms with van der Waals surface area (Å²) in [5.74, 6) is 0.273. The number of rotatable bonds is 3. The molecule has 0 amide bonds. The van der Waals surface area contributed by atoms with Crippen molar-refractivity contribution < 1.29 is 4.79 Å². The lowest BCUT2D eigenvalue weighted by atomic mass is 9.83. The lowest BCUT2D eigenvalue weighted by Crippen LogP contribution is -2.17. The normalized spacial score (nSPS) is 8.79. The fraction of sp³-hybridized carbons (Fsp3) is 0.680. The van der Waals surface area contributed by atoms with Gasteiger partial charge in [-0.1, -0.05) is 96.9 Å². The van der Waals surface area contributed by atoms with Crippen LogP contribution in [0.25, 0.3) is 0 Å². The smallest absolute Gasteiger partial charge is 0.123 e. The average molecular weight is 414 g/mol. The molecule has 0 heterocycles. The zero-order chi connectivity index (χ0) is 25.1. The predicted molar refractivity (Wildman–Crippen MR) is 138 cm³/mol. The molecule has 0 aliphatic heterocycles. The van der Waals surface area contributed by atoms with Crippen LogP contribution in [0.3, 0.4) is 0 Å². The van der Waals surface area contributed by atoms with E-state index in [1.165, 1.54) is 0 Å². The second kappa shape index (κ2) is 33.7. The minimum atomic E-state index is 0.104. The van der Waals surface area contributed by atoms with Crippen molar-refractivity contribution in [1.82, 2.24) is 0 Å². The lowest BCUT2D eigenvalue weighted by molar-refractivity contribution is -0.113. The number of aldehydes is 1. The molecule has 1 atom stereocenters. The van der Waals surface area contributed by atoms with Gasteiger partial charge in [0, 0.05) is 24.2 Å². The van der Waals surface area contributed by atoms with Crippen LogP contribution in [0.15, 0.2) is 24.3 Å². The minimum absolute atomic E-state index is 0.104. The van der Waals surface area contributed by atoms with E-state index in [0.29, 0.717) is 0 Å². The molecule has 0 saturated heterocycles. The van der Waals surface area contributed by atoms with E-state index < -0.39 is 0 Å². The van der Waals surface area contributed by atoms with Crippen molar-refractivity contribution in [2.24, 2.45) is 17.1 Å². The first-order valence-electron chi connectivity index (χ1n) is 11.3. The quantitative estimate of drug-likeness (QED) is 0.267. The Morgan fingerprint density at radius 1 is 0.897 bits per heavy atom. The Hall–Kier alpha value is -1.84. The second-order valence-electron chi connectivity index (χ2n) is 5.53. The summed E-state index contributed by atoms with van der Waals surface area (Å²) >= 11 is 0. The molecule has 1 rings (SSSR count). The Labute approximate surface area is 184 Å². The molecular weight excluding hydrogens is 358 g/mol. The van der Waals surface area contributed by atoms with Crippen molar-refractivity contribution in [1.29, 1.82) is 5.41 Å². The van der Waals surface area contributed by atoms with E-state index >= 15 is 0 Å². The number of nitrogen functional groups attached to an aromatic ring is 1. The van der Waals surface area contributed by atoms with Crippen LogP contribution in [0.1, 0.15) is 102 Å². The topological polar surface area (TPSA) is 79.0 Å². The van der Waals surface area contributed by atoms with Crippen LogP contribution in [0.4, 0.5) is 5.69 Å². The molecule has 0 aliphatic carbocycles. The molecule has 1 aromatic carbocycles. The van der Waals surface area contributed by atoms with E-state index in [4.69, 9.17) is 11.1 Å². The van der Waals surface area contributed by atoms with Gasteiger partial charge in [0.1, 0.15) is 12.1 Å². The molecular formula is C25H55N3O. The van der Waals surface area contributed by atoms with E-state index in [0.717, 1.165) is 17.5 Å². The van der Waals surface area contributed by atoms with Gasteiger partial charge in [-0.05, 0) is 29.7 Å². The molecule has 0 radical (unpaired) electrons. The molecule has 0 saturated carbocycles. The first-order valence-corrected chi connectivity index (χ1v) is 11.3. The molecule has 4 nitrogen and oxygen atoms in total. The van der Waals surface area contributed by atoms with Crippen molar-refractivity contribution in [2.75, 3.05) is 12.4 Å². The van der Waals surface area contributed by atoms with Crippen LogP contribution < -0.4 is 11.1 Å². The maximum absolute atomic E-state index is 10.2. The average Bonchev–Trinajstić information content (AvgIpc) is 2.79. The monoisotopic (exact) mass is 413 g/mol. The van der Waals surface area contributed by atoms with Crippen LogP contribution in [-0.2, 0) is 4.79 Å². The molecule has 4 N–H and O–H groups in total. The highest BCUT2D eigenvalue weighted by molar-refractivity contribution is 5.95. The van der Waals surface area contributed by atoms with Crippen LogP contribution in [0.2, 0.25) is 0 Å². The zero-order valence-corrected chi connectivity index (χ0v) is 22.4. The molecule has 4 heteroatoms. The van der Waals surface area contributed by atoms with Crippen LogP contribution in [0, 0.1) is 16.7 Å². The summed E-state index contributed by atoms with van der Waals surface area (Å²) in [5, 5.41) is 10.1. The van der Waals surface area contributed by atoms with E-state index in [1.807, 2.05) is 107 Å². The number of nitrogens with two attached hydrogens (primary N) is 1. The van der Waals surface area contributed by atoms with Crippen molar-refractivity contribution in [3.05, 3.63) is 29.8 Å². The van der Waals surface area contributed by atoms with E-state index in [1.54, 1.807) is 0 Å². The number of nitrogens with one attached hydrogen (secondary N) is 2. The number of carbonyl (C=O) groups is 1. The molecule has 0 aromatic heterocycles. The second-order valence-corrected chi connectivity index (χ2v) is 5.53. The molecule has 1 unspecified atom stereocenters. The number of hydrogen-bond donors (Lipinski definition) is 3. The molecule has 1 aromatic rings. The van der Waals surface area contributed by atoms with Gasteiger partial charge in [0.2, 0.25) is 0 Å². The standard InChI is InChI=1S/C8H11N3.C7H14O.5C2H6/c1-11-7-4-2-6(3-5-7)8(9)10;1-6(5-8)7(2,3)4;5*1-2/h2-5,11H,1H3,(H3,9,10);5-6H,1-4H3;5*1-2H3.